The van der Waals surface area contributed by atoms with E-state index in [2.05, 4.69) is 15.5 Å². The van der Waals surface area contributed by atoms with Crippen LogP contribution < -0.4 is 5.32 Å². The van der Waals surface area contributed by atoms with E-state index in [1.165, 1.54) is 0 Å². The molecule has 13 heavy (non-hydrogen) atoms. The minimum Gasteiger partial charge on any atom is -0.395 e. The summed E-state index contributed by atoms with van der Waals surface area (Å²) in [5.74, 6) is 0. The number of nitrogens with zero attached hydrogens (tertiary/aromatic N) is 1. The van der Waals surface area contributed by atoms with Crippen LogP contribution in [0.5, 0.6) is 0 Å². The molecule has 5 nitrogen and oxygen atoms in total. The van der Waals surface area contributed by atoms with Gasteiger partial charge in [0.15, 0.2) is 0 Å². The van der Waals surface area contributed by atoms with Crippen molar-refractivity contribution in [3.8, 4) is 0 Å². The van der Waals surface area contributed by atoms with Crippen LogP contribution >= 0.6 is 0 Å². The van der Waals surface area contributed by atoms with Crippen molar-refractivity contribution in [2.75, 3.05) is 13.2 Å². The molecule has 0 bridgehead atoms. The molecule has 0 aliphatic rings. The zero-order valence-corrected chi connectivity index (χ0v) is 7.57. The Morgan fingerprint density at radius 1 is 1.54 bits per heavy atom. The van der Waals surface area contributed by atoms with E-state index in [-0.39, 0.29) is 25.3 Å². The summed E-state index contributed by atoms with van der Waals surface area (Å²) in [7, 11) is 0. The van der Waals surface area contributed by atoms with Crippen LogP contribution in [-0.4, -0.2) is 39.7 Å². The van der Waals surface area contributed by atoms with E-state index in [0.29, 0.717) is 0 Å². The van der Waals surface area contributed by atoms with Gasteiger partial charge in [-0.1, -0.05) is 0 Å². The van der Waals surface area contributed by atoms with Gasteiger partial charge in [0.1, 0.15) is 0 Å². The molecule has 4 N–H and O–H groups in total. The van der Waals surface area contributed by atoms with Crippen LogP contribution in [-0.2, 0) is 0 Å². The van der Waals surface area contributed by atoms with Crippen molar-refractivity contribution in [1.29, 1.82) is 0 Å². The third kappa shape index (κ3) is 2.80. The number of aromatic nitrogens is 2. The standard InChI is InChI=1S/C8H15N3O2/c1-6(8-2-3-9-11-8)10-7(4-12)5-13/h2-3,6-7,10,12-13H,4-5H2,1H3,(H,9,11). The van der Waals surface area contributed by atoms with Crippen LogP contribution in [0.15, 0.2) is 12.3 Å². The first-order valence-corrected chi connectivity index (χ1v) is 4.25. The molecule has 0 radical (unpaired) electrons. The summed E-state index contributed by atoms with van der Waals surface area (Å²) in [5.41, 5.74) is 0.937. The molecule has 0 amide bonds. The molecule has 1 aromatic heterocycles. The van der Waals surface area contributed by atoms with E-state index in [4.69, 9.17) is 10.2 Å². The van der Waals surface area contributed by atoms with Gasteiger partial charge >= 0.3 is 0 Å². The minimum atomic E-state index is -0.279. The molecule has 74 valence electrons. The molecule has 0 aliphatic carbocycles. The largest absolute Gasteiger partial charge is 0.395 e. The highest BCUT2D eigenvalue weighted by Crippen LogP contribution is 2.07. The summed E-state index contributed by atoms with van der Waals surface area (Å²) in [4.78, 5) is 0. The van der Waals surface area contributed by atoms with Crippen LogP contribution in [0.3, 0.4) is 0 Å². The Labute approximate surface area is 76.8 Å². The Hall–Kier alpha value is -0.910. The van der Waals surface area contributed by atoms with Crippen molar-refractivity contribution in [2.24, 2.45) is 0 Å². The SMILES string of the molecule is CC(NC(CO)CO)c1ccn[nH]1. The third-order valence-electron chi connectivity index (χ3n) is 1.92. The maximum atomic E-state index is 8.82. The molecule has 1 rings (SSSR count). The number of aliphatic hydroxyl groups is 2. The van der Waals surface area contributed by atoms with Gasteiger partial charge in [0.05, 0.1) is 24.9 Å². The summed E-state index contributed by atoms with van der Waals surface area (Å²) in [6.07, 6.45) is 1.67. The normalized spacial score (nSPS) is 13.5. The first kappa shape index (κ1) is 10.2. The lowest BCUT2D eigenvalue weighted by molar-refractivity contribution is 0.163. The number of hydrogen-bond donors (Lipinski definition) is 4. The highest BCUT2D eigenvalue weighted by atomic mass is 16.3. The molecule has 0 saturated carbocycles. The molecule has 5 heteroatoms. The molecule has 0 saturated heterocycles. The predicted molar refractivity (Wildman–Crippen MR) is 48.1 cm³/mol. The average Bonchev–Trinajstić information content (AvgIpc) is 2.66. The van der Waals surface area contributed by atoms with E-state index >= 15 is 0 Å². The molecular formula is C8H15N3O2. The second-order valence-electron chi connectivity index (χ2n) is 2.96. The quantitative estimate of drug-likeness (QED) is 0.494. The molecule has 0 aromatic carbocycles. The average molecular weight is 185 g/mol. The molecular weight excluding hydrogens is 170 g/mol. The van der Waals surface area contributed by atoms with E-state index in [9.17, 15) is 0 Å². The summed E-state index contributed by atoms with van der Waals surface area (Å²) in [5, 5.41) is 27.3. The first-order chi connectivity index (χ1) is 6.27. The lowest BCUT2D eigenvalue weighted by Gasteiger charge is -2.18. The summed E-state index contributed by atoms with van der Waals surface area (Å²) >= 11 is 0. The maximum Gasteiger partial charge on any atom is 0.0607 e. The van der Waals surface area contributed by atoms with Gasteiger partial charge in [-0.05, 0) is 13.0 Å². The van der Waals surface area contributed by atoms with Gasteiger partial charge in [-0.2, -0.15) is 5.10 Å². The van der Waals surface area contributed by atoms with Crippen molar-refractivity contribution in [2.45, 2.75) is 19.0 Å². The Bertz CT molecular complexity index is 221. The van der Waals surface area contributed by atoms with Gasteiger partial charge in [0.25, 0.3) is 0 Å². The second kappa shape index (κ2) is 4.96. The van der Waals surface area contributed by atoms with Crippen molar-refractivity contribution in [3.63, 3.8) is 0 Å². The number of nitrogens with one attached hydrogen (secondary N) is 2. The Kier molecular flexibility index (Phi) is 3.88. The minimum absolute atomic E-state index is 0.0480. The first-order valence-electron chi connectivity index (χ1n) is 4.25. The lowest BCUT2D eigenvalue weighted by atomic mass is 10.2. The number of aliphatic hydroxyl groups excluding tert-OH is 2. The second-order valence-corrected chi connectivity index (χ2v) is 2.96. The zero-order chi connectivity index (χ0) is 9.68. The molecule has 1 atom stereocenters. The molecule has 1 aromatic rings. The van der Waals surface area contributed by atoms with E-state index in [1.807, 2.05) is 13.0 Å². The highest BCUT2D eigenvalue weighted by molar-refractivity contribution is 5.03. The lowest BCUT2D eigenvalue weighted by Crippen LogP contribution is -2.37. The fourth-order valence-corrected chi connectivity index (χ4v) is 1.11. The number of H-pyrrole nitrogens is 1. The fraction of sp³-hybridized carbons (Fsp3) is 0.625. The van der Waals surface area contributed by atoms with Crippen LogP contribution in [0.4, 0.5) is 0 Å². The summed E-state index contributed by atoms with van der Waals surface area (Å²) < 4.78 is 0. The fourth-order valence-electron chi connectivity index (χ4n) is 1.11. The molecule has 0 spiro atoms. The molecule has 0 fully saturated rings. The summed E-state index contributed by atoms with van der Waals surface area (Å²) in [6.45, 7) is 1.79. The number of hydrogen-bond acceptors (Lipinski definition) is 4. The van der Waals surface area contributed by atoms with E-state index < -0.39 is 0 Å². The molecule has 0 aliphatic heterocycles. The Morgan fingerprint density at radius 3 is 2.69 bits per heavy atom. The maximum absolute atomic E-state index is 8.82. The smallest absolute Gasteiger partial charge is 0.0607 e. The van der Waals surface area contributed by atoms with Gasteiger partial charge < -0.3 is 15.5 Å². The predicted octanol–water partition coefficient (Wildman–Crippen LogP) is -0.587. The highest BCUT2D eigenvalue weighted by Gasteiger charge is 2.11. The van der Waals surface area contributed by atoms with Crippen molar-refractivity contribution in [3.05, 3.63) is 18.0 Å². The number of aromatic amines is 1. The topological polar surface area (TPSA) is 81.2 Å². The van der Waals surface area contributed by atoms with Crippen LogP contribution in [0.2, 0.25) is 0 Å². The van der Waals surface area contributed by atoms with Crippen molar-refractivity contribution >= 4 is 0 Å². The van der Waals surface area contributed by atoms with Crippen molar-refractivity contribution < 1.29 is 10.2 Å². The summed E-state index contributed by atoms with van der Waals surface area (Å²) in [6, 6.07) is 1.62. The van der Waals surface area contributed by atoms with Gasteiger partial charge in [-0.15, -0.1) is 0 Å². The Morgan fingerprint density at radius 2 is 2.23 bits per heavy atom. The number of rotatable bonds is 5. The third-order valence-corrected chi connectivity index (χ3v) is 1.92. The van der Waals surface area contributed by atoms with Crippen LogP contribution in [0.25, 0.3) is 0 Å². The van der Waals surface area contributed by atoms with Gasteiger partial charge in [0, 0.05) is 12.2 Å². The van der Waals surface area contributed by atoms with Crippen LogP contribution in [0, 0.1) is 0 Å². The van der Waals surface area contributed by atoms with E-state index in [1.54, 1.807) is 6.20 Å². The zero-order valence-electron chi connectivity index (χ0n) is 7.57. The van der Waals surface area contributed by atoms with Crippen LogP contribution in [0.1, 0.15) is 18.7 Å². The van der Waals surface area contributed by atoms with E-state index in [0.717, 1.165) is 5.69 Å². The monoisotopic (exact) mass is 185 g/mol. The molecule has 1 unspecified atom stereocenters. The van der Waals surface area contributed by atoms with Gasteiger partial charge in [-0.25, -0.2) is 0 Å². The van der Waals surface area contributed by atoms with Gasteiger partial charge in [0.2, 0.25) is 0 Å². The molecule has 1 heterocycles. The van der Waals surface area contributed by atoms with Gasteiger partial charge in [-0.3, -0.25) is 5.10 Å². The Balaban J connectivity index is 2.45. The van der Waals surface area contributed by atoms with Crippen molar-refractivity contribution in [1.82, 2.24) is 15.5 Å².